The molecule has 1 aliphatic rings. The lowest BCUT2D eigenvalue weighted by Crippen LogP contribution is -2.39. The fourth-order valence-corrected chi connectivity index (χ4v) is 2.92. The van der Waals surface area contributed by atoms with E-state index in [0.29, 0.717) is 0 Å². The van der Waals surface area contributed by atoms with Crippen LogP contribution in [-0.2, 0) is 9.53 Å². The number of carboxylic acid groups (broad SMARTS) is 1. The molecule has 1 rings (SSSR count). The van der Waals surface area contributed by atoms with Gasteiger partial charge in [-0.15, -0.1) is 0 Å². The van der Waals surface area contributed by atoms with Crippen LogP contribution in [0.3, 0.4) is 0 Å². The average Bonchev–Trinajstić information content (AvgIpc) is 2.34. The van der Waals surface area contributed by atoms with E-state index in [-0.39, 0.29) is 16.6 Å². The van der Waals surface area contributed by atoms with Crippen LogP contribution in [0, 0.1) is 5.41 Å². The van der Waals surface area contributed by atoms with Crippen LogP contribution in [0.4, 0.5) is 0 Å². The molecule has 0 aromatic heterocycles. The van der Waals surface area contributed by atoms with Crippen molar-refractivity contribution in [3.63, 3.8) is 0 Å². The third-order valence-corrected chi connectivity index (χ3v) is 2.96. The highest BCUT2D eigenvalue weighted by molar-refractivity contribution is 5.90. The molecule has 1 N–H and O–H groups in total. The third-order valence-electron chi connectivity index (χ3n) is 2.96. The first-order valence-electron chi connectivity index (χ1n) is 6.95. The smallest absolute Gasteiger partial charge is 0.335 e. The summed E-state index contributed by atoms with van der Waals surface area (Å²) in [6, 6.07) is 0. The lowest BCUT2D eigenvalue weighted by atomic mass is 9.83. The fraction of sp³-hybridized carbons (Fsp3) is 0.588. The molecule has 0 radical (unpaired) electrons. The summed E-state index contributed by atoms with van der Waals surface area (Å²) in [4.78, 5) is 11.2. The van der Waals surface area contributed by atoms with Gasteiger partial charge < -0.3 is 9.84 Å². The molecular weight excluding hydrogens is 252 g/mol. The Kier molecular flexibility index (Phi) is 4.65. The summed E-state index contributed by atoms with van der Waals surface area (Å²) >= 11 is 0. The summed E-state index contributed by atoms with van der Waals surface area (Å²) in [5, 5.41) is 9.18. The first-order chi connectivity index (χ1) is 8.93. The van der Waals surface area contributed by atoms with Crippen molar-refractivity contribution in [1.82, 2.24) is 0 Å². The van der Waals surface area contributed by atoms with Crippen molar-refractivity contribution in [2.24, 2.45) is 5.41 Å². The molecule has 0 aliphatic heterocycles. The SMILES string of the molecule is CC(C)(C)CC(C)(C)OC1(C)C=CC=CC(C(=O)O)=C1. The Labute approximate surface area is 122 Å². The lowest BCUT2D eigenvalue weighted by molar-refractivity contribution is -0.132. The number of ether oxygens (including phenoxy) is 1. The molecule has 0 fully saturated rings. The summed E-state index contributed by atoms with van der Waals surface area (Å²) in [6.45, 7) is 12.5. The second-order valence-corrected chi connectivity index (χ2v) is 7.41. The van der Waals surface area contributed by atoms with Gasteiger partial charge in [-0.3, -0.25) is 0 Å². The van der Waals surface area contributed by atoms with Crippen molar-refractivity contribution in [2.45, 2.75) is 59.2 Å². The maximum absolute atomic E-state index is 11.2. The van der Waals surface area contributed by atoms with Crippen LogP contribution in [0.2, 0.25) is 0 Å². The summed E-state index contributed by atoms with van der Waals surface area (Å²) in [5.74, 6) is -0.937. The number of rotatable bonds is 4. The summed E-state index contributed by atoms with van der Waals surface area (Å²) < 4.78 is 6.24. The van der Waals surface area contributed by atoms with Crippen LogP contribution in [0.25, 0.3) is 0 Å². The fourth-order valence-electron chi connectivity index (χ4n) is 2.92. The Morgan fingerprint density at radius 3 is 2.35 bits per heavy atom. The average molecular weight is 278 g/mol. The minimum Gasteiger partial charge on any atom is -0.478 e. The van der Waals surface area contributed by atoms with Gasteiger partial charge in [0.15, 0.2) is 0 Å². The summed E-state index contributed by atoms with van der Waals surface area (Å²) in [7, 11) is 0. The minimum absolute atomic E-state index is 0.145. The first kappa shape index (κ1) is 16.7. The second-order valence-electron chi connectivity index (χ2n) is 7.41. The number of hydrogen-bond acceptors (Lipinski definition) is 2. The van der Waals surface area contributed by atoms with Crippen molar-refractivity contribution >= 4 is 5.97 Å². The van der Waals surface area contributed by atoms with Crippen LogP contribution < -0.4 is 0 Å². The van der Waals surface area contributed by atoms with Crippen LogP contribution in [0.5, 0.6) is 0 Å². The van der Waals surface area contributed by atoms with Gasteiger partial charge in [-0.25, -0.2) is 4.79 Å². The molecule has 112 valence electrons. The molecule has 1 atom stereocenters. The van der Waals surface area contributed by atoms with E-state index in [2.05, 4.69) is 20.8 Å². The molecule has 0 amide bonds. The van der Waals surface area contributed by atoms with Crippen LogP contribution in [-0.4, -0.2) is 22.3 Å². The van der Waals surface area contributed by atoms with Gasteiger partial charge in [-0.1, -0.05) is 32.9 Å². The van der Waals surface area contributed by atoms with Gasteiger partial charge >= 0.3 is 5.97 Å². The molecule has 3 nitrogen and oxygen atoms in total. The largest absolute Gasteiger partial charge is 0.478 e. The van der Waals surface area contributed by atoms with E-state index in [1.54, 1.807) is 18.2 Å². The van der Waals surface area contributed by atoms with E-state index in [1.807, 2.05) is 32.9 Å². The standard InChI is InChI=1S/C17H26O3/c1-15(2,3)12-16(4,5)20-17(6)10-8-7-9-13(11-17)14(18)19/h7-11H,12H2,1-6H3,(H,18,19). The van der Waals surface area contributed by atoms with Gasteiger partial charge in [0.05, 0.1) is 11.2 Å². The van der Waals surface area contributed by atoms with Crippen molar-refractivity contribution in [3.05, 3.63) is 36.0 Å². The Hall–Kier alpha value is -1.35. The Morgan fingerprint density at radius 2 is 1.85 bits per heavy atom. The molecule has 0 saturated heterocycles. The van der Waals surface area contributed by atoms with Gasteiger partial charge in [0.25, 0.3) is 0 Å². The zero-order valence-electron chi connectivity index (χ0n) is 13.4. The van der Waals surface area contributed by atoms with E-state index < -0.39 is 11.6 Å². The number of hydrogen-bond donors (Lipinski definition) is 1. The molecule has 1 aliphatic carbocycles. The number of carboxylic acids is 1. The molecule has 0 heterocycles. The van der Waals surface area contributed by atoms with Gasteiger partial charge in [-0.2, -0.15) is 0 Å². The molecule has 0 bridgehead atoms. The topological polar surface area (TPSA) is 46.5 Å². The van der Waals surface area contributed by atoms with E-state index in [0.717, 1.165) is 6.42 Å². The minimum atomic E-state index is -0.937. The Balaban J connectivity index is 2.99. The monoisotopic (exact) mass is 278 g/mol. The Bertz CT molecular complexity index is 461. The van der Waals surface area contributed by atoms with E-state index >= 15 is 0 Å². The maximum Gasteiger partial charge on any atom is 0.335 e. The van der Waals surface area contributed by atoms with Crippen molar-refractivity contribution in [3.8, 4) is 0 Å². The lowest BCUT2D eigenvalue weighted by Gasteiger charge is -2.38. The summed E-state index contributed by atoms with van der Waals surface area (Å²) in [6.07, 6.45) is 9.59. The predicted octanol–water partition coefficient (Wildman–Crippen LogP) is 4.11. The molecule has 3 heteroatoms. The van der Waals surface area contributed by atoms with Gasteiger partial charge in [0, 0.05) is 0 Å². The molecule has 0 aromatic carbocycles. The highest BCUT2D eigenvalue weighted by Gasteiger charge is 2.33. The van der Waals surface area contributed by atoms with Gasteiger partial charge in [0.1, 0.15) is 5.60 Å². The van der Waals surface area contributed by atoms with Crippen molar-refractivity contribution < 1.29 is 14.6 Å². The van der Waals surface area contributed by atoms with E-state index in [9.17, 15) is 9.90 Å². The molecule has 0 saturated carbocycles. The van der Waals surface area contributed by atoms with Gasteiger partial charge in [-0.05, 0) is 50.8 Å². The Morgan fingerprint density at radius 1 is 1.25 bits per heavy atom. The molecular formula is C17H26O3. The first-order valence-corrected chi connectivity index (χ1v) is 6.95. The molecule has 0 spiro atoms. The van der Waals surface area contributed by atoms with E-state index in [1.165, 1.54) is 0 Å². The molecule has 20 heavy (non-hydrogen) atoms. The second kappa shape index (κ2) is 5.57. The highest BCUT2D eigenvalue weighted by atomic mass is 16.5. The van der Waals surface area contributed by atoms with Crippen LogP contribution >= 0.6 is 0 Å². The maximum atomic E-state index is 11.2. The quantitative estimate of drug-likeness (QED) is 0.841. The normalized spacial score (nSPS) is 23.4. The predicted molar refractivity (Wildman–Crippen MR) is 81.6 cm³/mol. The van der Waals surface area contributed by atoms with Crippen molar-refractivity contribution in [1.29, 1.82) is 0 Å². The van der Waals surface area contributed by atoms with Crippen LogP contribution in [0.1, 0.15) is 48.0 Å². The molecule has 0 aromatic rings. The number of carbonyl (C=O) groups is 1. The zero-order valence-corrected chi connectivity index (χ0v) is 13.4. The van der Waals surface area contributed by atoms with Crippen LogP contribution in [0.15, 0.2) is 36.0 Å². The van der Waals surface area contributed by atoms with Gasteiger partial charge in [0.2, 0.25) is 0 Å². The molecule has 1 unspecified atom stereocenters. The highest BCUT2D eigenvalue weighted by Crippen LogP contribution is 2.34. The number of aliphatic carboxylic acids is 1. The summed E-state index contributed by atoms with van der Waals surface area (Å²) in [5.41, 5.74) is -0.663. The van der Waals surface area contributed by atoms with E-state index in [4.69, 9.17) is 4.74 Å². The zero-order chi connectivity index (χ0) is 15.6. The third kappa shape index (κ3) is 5.33. The number of allylic oxidation sites excluding steroid dienone is 2. The van der Waals surface area contributed by atoms with Crippen molar-refractivity contribution in [2.75, 3.05) is 0 Å².